The number of nitrogens with zero attached hydrogens (tertiary/aromatic N) is 1. The lowest BCUT2D eigenvalue weighted by Gasteiger charge is -2.03. The van der Waals surface area contributed by atoms with Crippen LogP contribution >= 0.6 is 38.9 Å². The van der Waals surface area contributed by atoms with E-state index in [1.165, 1.54) is 18.4 Å². The number of halogens is 2. The molecule has 0 saturated carbocycles. The summed E-state index contributed by atoms with van der Waals surface area (Å²) in [7, 11) is 1.36. The SMILES string of the molecule is COC(=O)c1sc2nc(C)c(Cl)c(C)c2c1Br. The third-order valence-corrected chi connectivity index (χ3v) is 5.17. The van der Waals surface area contributed by atoms with Crippen LogP contribution in [0.3, 0.4) is 0 Å². The molecule has 0 aliphatic carbocycles. The number of ether oxygens (including phenoxy) is 1. The number of aryl methyl sites for hydroxylation is 2. The first-order valence-corrected chi connectivity index (χ1v) is 6.79. The van der Waals surface area contributed by atoms with Crippen molar-refractivity contribution < 1.29 is 9.53 Å². The van der Waals surface area contributed by atoms with Gasteiger partial charge in [0.05, 0.1) is 22.3 Å². The first kappa shape index (κ1) is 12.8. The van der Waals surface area contributed by atoms with Crippen molar-refractivity contribution >= 4 is 55.1 Å². The van der Waals surface area contributed by atoms with Crippen LogP contribution in [-0.2, 0) is 4.74 Å². The molecular formula is C11H9BrClNO2S. The Bertz CT molecular complexity index is 624. The number of carbonyl (C=O) groups excluding carboxylic acids is 1. The van der Waals surface area contributed by atoms with Crippen LogP contribution in [0, 0.1) is 13.8 Å². The van der Waals surface area contributed by atoms with E-state index in [1.807, 2.05) is 13.8 Å². The van der Waals surface area contributed by atoms with Crippen molar-refractivity contribution in [2.75, 3.05) is 7.11 Å². The average Bonchev–Trinajstić information content (AvgIpc) is 2.62. The van der Waals surface area contributed by atoms with Crippen LogP contribution in [0.2, 0.25) is 5.02 Å². The number of fused-ring (bicyclic) bond motifs is 1. The molecule has 2 aromatic rings. The van der Waals surface area contributed by atoms with Gasteiger partial charge in [-0.05, 0) is 35.3 Å². The Kier molecular flexibility index (Phi) is 3.43. The molecule has 0 aliphatic rings. The van der Waals surface area contributed by atoms with Gasteiger partial charge < -0.3 is 4.74 Å². The molecule has 0 aliphatic heterocycles. The van der Waals surface area contributed by atoms with Gasteiger partial charge in [-0.1, -0.05) is 11.6 Å². The van der Waals surface area contributed by atoms with Crippen LogP contribution in [0.5, 0.6) is 0 Å². The summed E-state index contributed by atoms with van der Waals surface area (Å²) in [5.41, 5.74) is 1.69. The molecule has 0 atom stereocenters. The van der Waals surface area contributed by atoms with E-state index in [9.17, 15) is 4.79 Å². The summed E-state index contributed by atoms with van der Waals surface area (Å²) in [6, 6.07) is 0. The van der Waals surface area contributed by atoms with Crippen LogP contribution in [0.15, 0.2) is 4.47 Å². The standard InChI is InChI=1S/C11H9BrClNO2S/c1-4-6-7(12)9(11(15)16-3)17-10(6)14-5(2)8(4)13/h1-3H3. The predicted molar refractivity (Wildman–Crippen MR) is 73.1 cm³/mol. The lowest BCUT2D eigenvalue weighted by molar-refractivity contribution is 0.0605. The van der Waals surface area contributed by atoms with Gasteiger partial charge in [-0.25, -0.2) is 9.78 Å². The third kappa shape index (κ3) is 1.96. The molecule has 3 nitrogen and oxygen atoms in total. The Labute approximate surface area is 116 Å². The minimum absolute atomic E-state index is 0.368. The summed E-state index contributed by atoms with van der Waals surface area (Å²) in [5.74, 6) is -0.368. The van der Waals surface area contributed by atoms with E-state index in [1.54, 1.807) is 0 Å². The summed E-state index contributed by atoms with van der Waals surface area (Å²) in [5, 5.41) is 1.51. The second-order valence-electron chi connectivity index (χ2n) is 3.55. The highest BCUT2D eigenvalue weighted by atomic mass is 79.9. The molecule has 17 heavy (non-hydrogen) atoms. The fourth-order valence-electron chi connectivity index (χ4n) is 1.61. The summed E-state index contributed by atoms with van der Waals surface area (Å²) >= 11 is 10.9. The number of hydrogen-bond acceptors (Lipinski definition) is 4. The van der Waals surface area contributed by atoms with Crippen molar-refractivity contribution in [1.29, 1.82) is 0 Å². The van der Waals surface area contributed by atoms with Crippen molar-refractivity contribution in [3.05, 3.63) is 25.6 Å². The van der Waals surface area contributed by atoms with Crippen LogP contribution in [0.1, 0.15) is 20.9 Å². The zero-order valence-electron chi connectivity index (χ0n) is 9.43. The lowest BCUT2D eigenvalue weighted by atomic mass is 10.2. The summed E-state index contributed by atoms with van der Waals surface area (Å²) in [4.78, 5) is 17.3. The molecular weight excluding hydrogens is 326 g/mol. The topological polar surface area (TPSA) is 39.2 Å². The van der Waals surface area contributed by atoms with Crippen LogP contribution in [0.4, 0.5) is 0 Å². The highest BCUT2D eigenvalue weighted by Gasteiger charge is 2.21. The Morgan fingerprint density at radius 1 is 1.47 bits per heavy atom. The number of aromatic nitrogens is 1. The van der Waals surface area contributed by atoms with Gasteiger partial charge in [-0.3, -0.25) is 0 Å². The van der Waals surface area contributed by atoms with Crippen LogP contribution in [0.25, 0.3) is 10.2 Å². The maximum atomic E-state index is 11.6. The van der Waals surface area contributed by atoms with Gasteiger partial charge in [0.2, 0.25) is 0 Å². The zero-order valence-corrected chi connectivity index (χ0v) is 12.6. The number of thiophene rings is 1. The van der Waals surface area contributed by atoms with Gasteiger partial charge >= 0.3 is 5.97 Å². The first-order chi connectivity index (χ1) is 7.97. The number of carbonyl (C=O) groups is 1. The van der Waals surface area contributed by atoms with E-state index in [0.29, 0.717) is 14.4 Å². The Balaban J connectivity index is 2.83. The van der Waals surface area contributed by atoms with Gasteiger partial charge in [0.1, 0.15) is 9.71 Å². The normalized spacial score (nSPS) is 10.9. The second-order valence-corrected chi connectivity index (χ2v) is 5.72. The van der Waals surface area contributed by atoms with Gasteiger partial charge in [0.15, 0.2) is 0 Å². The van der Waals surface area contributed by atoms with E-state index in [2.05, 4.69) is 20.9 Å². The molecule has 0 N–H and O–H groups in total. The number of rotatable bonds is 1. The minimum atomic E-state index is -0.368. The van der Waals surface area contributed by atoms with Gasteiger partial charge in [0.25, 0.3) is 0 Å². The van der Waals surface area contributed by atoms with E-state index in [4.69, 9.17) is 16.3 Å². The molecule has 0 radical (unpaired) electrons. The van der Waals surface area contributed by atoms with Crippen molar-refractivity contribution in [2.24, 2.45) is 0 Å². The number of methoxy groups -OCH3 is 1. The molecule has 0 fully saturated rings. The van der Waals surface area contributed by atoms with Crippen LogP contribution < -0.4 is 0 Å². The van der Waals surface area contributed by atoms with E-state index < -0.39 is 0 Å². The summed E-state index contributed by atoms with van der Waals surface area (Å²) in [6.45, 7) is 3.76. The summed E-state index contributed by atoms with van der Waals surface area (Å²) in [6.07, 6.45) is 0. The second kappa shape index (κ2) is 4.55. The molecule has 2 aromatic heterocycles. The third-order valence-electron chi connectivity index (χ3n) is 2.49. The minimum Gasteiger partial charge on any atom is -0.465 e. The van der Waals surface area contributed by atoms with Crippen molar-refractivity contribution in [3.8, 4) is 0 Å². The van der Waals surface area contributed by atoms with E-state index >= 15 is 0 Å². The van der Waals surface area contributed by atoms with Gasteiger partial charge in [0, 0.05) is 5.39 Å². The molecule has 90 valence electrons. The number of hydrogen-bond donors (Lipinski definition) is 0. The molecule has 6 heteroatoms. The average molecular weight is 335 g/mol. The van der Waals surface area contributed by atoms with Crippen molar-refractivity contribution in [2.45, 2.75) is 13.8 Å². The molecule has 0 saturated heterocycles. The molecule has 0 spiro atoms. The maximum Gasteiger partial charge on any atom is 0.349 e. The van der Waals surface area contributed by atoms with Crippen molar-refractivity contribution in [3.63, 3.8) is 0 Å². The fourth-order valence-corrected chi connectivity index (χ4v) is 3.86. The molecule has 0 bridgehead atoms. The Hall–Kier alpha value is -0.650. The van der Waals surface area contributed by atoms with Crippen LogP contribution in [-0.4, -0.2) is 18.1 Å². The quantitative estimate of drug-likeness (QED) is 0.737. The monoisotopic (exact) mass is 333 g/mol. The van der Waals surface area contributed by atoms with E-state index in [0.717, 1.165) is 21.5 Å². The number of esters is 1. The fraction of sp³-hybridized carbons (Fsp3) is 0.273. The largest absolute Gasteiger partial charge is 0.465 e. The molecule has 2 heterocycles. The zero-order chi connectivity index (χ0) is 12.7. The highest BCUT2D eigenvalue weighted by molar-refractivity contribution is 9.10. The highest BCUT2D eigenvalue weighted by Crippen LogP contribution is 2.39. The van der Waals surface area contributed by atoms with Gasteiger partial charge in [-0.2, -0.15) is 0 Å². The first-order valence-electron chi connectivity index (χ1n) is 4.80. The molecule has 2 rings (SSSR count). The predicted octanol–water partition coefficient (Wildman–Crippen LogP) is 4.12. The number of pyridine rings is 1. The molecule has 0 aromatic carbocycles. The molecule has 0 unspecified atom stereocenters. The smallest absolute Gasteiger partial charge is 0.349 e. The van der Waals surface area contributed by atoms with Crippen molar-refractivity contribution in [1.82, 2.24) is 4.98 Å². The molecule has 0 amide bonds. The summed E-state index contributed by atoms with van der Waals surface area (Å²) < 4.78 is 5.43. The Morgan fingerprint density at radius 2 is 2.12 bits per heavy atom. The lowest BCUT2D eigenvalue weighted by Crippen LogP contribution is -1.98. The Morgan fingerprint density at radius 3 is 2.71 bits per heavy atom. The van der Waals surface area contributed by atoms with Gasteiger partial charge in [-0.15, -0.1) is 11.3 Å². The maximum absolute atomic E-state index is 11.6. The van der Waals surface area contributed by atoms with E-state index in [-0.39, 0.29) is 5.97 Å².